The van der Waals surface area contributed by atoms with E-state index in [9.17, 15) is 0 Å². The molecule has 2 N–H and O–H groups in total. The minimum absolute atomic E-state index is 0.239. The van der Waals surface area contributed by atoms with Crippen molar-refractivity contribution in [2.75, 3.05) is 26.2 Å². The third-order valence-electron chi connectivity index (χ3n) is 6.17. The van der Waals surface area contributed by atoms with E-state index in [1.165, 1.54) is 54.3 Å². The third-order valence-corrected chi connectivity index (χ3v) is 6.43. The second kappa shape index (κ2) is 11.3. The Kier molecular flexibility index (Phi) is 7.92. The van der Waals surface area contributed by atoms with Gasteiger partial charge in [-0.3, -0.25) is 0 Å². The summed E-state index contributed by atoms with van der Waals surface area (Å²) in [5, 5.41) is 10.4. The number of piperidine rings is 1. The molecule has 0 saturated carbocycles. The van der Waals surface area contributed by atoms with Gasteiger partial charge < -0.3 is 15.5 Å². The summed E-state index contributed by atoms with van der Waals surface area (Å²) in [5.41, 5.74) is 2.69. The number of nitrogens with one attached hydrogen (secondary N) is 2. The lowest BCUT2D eigenvalue weighted by Gasteiger charge is -2.27. The van der Waals surface area contributed by atoms with Gasteiger partial charge in [-0.15, -0.1) is 0 Å². The van der Waals surface area contributed by atoms with E-state index in [-0.39, 0.29) is 6.04 Å². The number of nitrogens with zero attached hydrogens (tertiary/aromatic N) is 1. The zero-order valence-electron chi connectivity index (χ0n) is 18.2. The number of fused-ring (bicyclic) bond motifs is 1. The quantitative estimate of drug-likeness (QED) is 0.494. The van der Waals surface area contributed by atoms with Gasteiger partial charge in [-0.2, -0.15) is 0 Å². The predicted octanol–water partition coefficient (Wildman–Crippen LogP) is 4.94. The zero-order valence-corrected chi connectivity index (χ0v) is 19.0. The Morgan fingerprint density at radius 3 is 2.42 bits per heavy atom. The first kappa shape index (κ1) is 21.8. The van der Waals surface area contributed by atoms with Crippen LogP contribution in [0.5, 0.6) is 0 Å². The first-order valence-corrected chi connectivity index (χ1v) is 12.0. The molecule has 1 fully saturated rings. The van der Waals surface area contributed by atoms with E-state index in [1.807, 2.05) is 0 Å². The van der Waals surface area contributed by atoms with Gasteiger partial charge in [0.25, 0.3) is 0 Å². The molecule has 1 saturated heterocycles. The van der Waals surface area contributed by atoms with E-state index in [4.69, 9.17) is 12.2 Å². The summed E-state index contributed by atoms with van der Waals surface area (Å²) in [6, 6.07) is 26.2. The molecule has 3 aromatic rings. The van der Waals surface area contributed by atoms with Gasteiger partial charge in [-0.1, -0.05) is 79.2 Å². The lowest BCUT2D eigenvalue weighted by molar-refractivity contribution is 0.232. The van der Waals surface area contributed by atoms with E-state index >= 15 is 0 Å². The van der Waals surface area contributed by atoms with Gasteiger partial charge in [0.1, 0.15) is 0 Å². The molecule has 0 aliphatic carbocycles. The number of likely N-dealkylation sites (tertiary alicyclic amines) is 1. The van der Waals surface area contributed by atoms with E-state index in [2.05, 4.69) is 88.3 Å². The Balaban J connectivity index is 1.40. The van der Waals surface area contributed by atoms with Crippen LogP contribution in [0.2, 0.25) is 0 Å². The van der Waals surface area contributed by atoms with Crippen LogP contribution in [0.1, 0.15) is 30.4 Å². The zero-order chi connectivity index (χ0) is 21.3. The predicted molar refractivity (Wildman–Crippen MR) is 136 cm³/mol. The third kappa shape index (κ3) is 6.52. The van der Waals surface area contributed by atoms with Crippen LogP contribution >= 0.6 is 12.2 Å². The van der Waals surface area contributed by atoms with E-state index in [0.29, 0.717) is 0 Å². The van der Waals surface area contributed by atoms with Crippen molar-refractivity contribution < 1.29 is 0 Å². The molecule has 4 rings (SSSR count). The van der Waals surface area contributed by atoms with E-state index in [0.717, 1.165) is 31.0 Å². The summed E-state index contributed by atoms with van der Waals surface area (Å²) in [4.78, 5) is 2.54. The van der Waals surface area contributed by atoms with Gasteiger partial charge in [0.05, 0.1) is 0 Å². The van der Waals surface area contributed by atoms with Crippen molar-refractivity contribution in [2.45, 2.75) is 38.1 Å². The van der Waals surface area contributed by atoms with E-state index < -0.39 is 0 Å². The average Bonchev–Trinajstić information content (AvgIpc) is 2.81. The van der Waals surface area contributed by atoms with Gasteiger partial charge in [0.2, 0.25) is 0 Å². The van der Waals surface area contributed by atoms with Gasteiger partial charge in [0.15, 0.2) is 5.11 Å². The molecule has 1 heterocycles. The SMILES string of the molecule is S=C(NCCN1CCCCC1)NC(Cc1ccccc1)Cc1cccc2ccccc12. The Bertz CT molecular complexity index is 961. The van der Waals surface area contributed by atoms with Gasteiger partial charge in [-0.05, 0) is 72.9 Å². The Morgan fingerprint density at radius 1 is 0.839 bits per heavy atom. The Labute approximate surface area is 191 Å². The number of hydrogen-bond donors (Lipinski definition) is 2. The van der Waals surface area contributed by atoms with Crippen molar-refractivity contribution >= 4 is 28.1 Å². The molecule has 3 aromatic carbocycles. The lowest BCUT2D eigenvalue weighted by atomic mass is 9.95. The summed E-state index contributed by atoms with van der Waals surface area (Å²) in [7, 11) is 0. The number of rotatable bonds is 8. The molecule has 162 valence electrons. The van der Waals surface area contributed by atoms with Crippen LogP contribution in [-0.2, 0) is 12.8 Å². The molecule has 1 aliphatic rings. The first-order chi connectivity index (χ1) is 15.3. The molecular formula is C27H33N3S. The van der Waals surface area contributed by atoms with Crippen molar-refractivity contribution in [2.24, 2.45) is 0 Å². The normalized spacial score (nSPS) is 15.5. The minimum Gasteiger partial charge on any atom is -0.361 e. The smallest absolute Gasteiger partial charge is 0.166 e. The summed E-state index contributed by atoms with van der Waals surface area (Å²) < 4.78 is 0. The van der Waals surface area contributed by atoms with Crippen molar-refractivity contribution in [1.29, 1.82) is 0 Å². The number of benzene rings is 3. The van der Waals surface area contributed by atoms with Crippen molar-refractivity contribution in [3.63, 3.8) is 0 Å². The maximum atomic E-state index is 5.68. The van der Waals surface area contributed by atoms with Crippen molar-refractivity contribution in [3.05, 3.63) is 83.9 Å². The second-order valence-electron chi connectivity index (χ2n) is 8.53. The highest BCUT2D eigenvalue weighted by Crippen LogP contribution is 2.21. The molecule has 4 heteroatoms. The number of thiocarbonyl (C=S) groups is 1. The van der Waals surface area contributed by atoms with Gasteiger partial charge in [-0.25, -0.2) is 0 Å². The molecule has 1 atom stereocenters. The highest BCUT2D eigenvalue weighted by Gasteiger charge is 2.15. The summed E-state index contributed by atoms with van der Waals surface area (Å²) in [6.07, 6.45) is 5.90. The maximum absolute atomic E-state index is 5.68. The fraction of sp³-hybridized carbons (Fsp3) is 0.370. The Hall–Kier alpha value is -2.43. The molecule has 0 spiro atoms. The lowest BCUT2D eigenvalue weighted by Crippen LogP contribution is -2.46. The fourth-order valence-electron chi connectivity index (χ4n) is 4.56. The number of hydrogen-bond acceptors (Lipinski definition) is 2. The van der Waals surface area contributed by atoms with Crippen LogP contribution < -0.4 is 10.6 Å². The first-order valence-electron chi connectivity index (χ1n) is 11.6. The summed E-state index contributed by atoms with van der Waals surface area (Å²) in [6.45, 7) is 4.41. The van der Waals surface area contributed by atoms with Gasteiger partial charge >= 0.3 is 0 Å². The molecule has 0 bridgehead atoms. The van der Waals surface area contributed by atoms with Crippen LogP contribution in [0.25, 0.3) is 10.8 Å². The van der Waals surface area contributed by atoms with Crippen LogP contribution in [0.4, 0.5) is 0 Å². The monoisotopic (exact) mass is 431 g/mol. The average molecular weight is 432 g/mol. The maximum Gasteiger partial charge on any atom is 0.166 e. The second-order valence-corrected chi connectivity index (χ2v) is 8.94. The van der Waals surface area contributed by atoms with Crippen molar-refractivity contribution in [1.82, 2.24) is 15.5 Å². The molecule has 3 nitrogen and oxygen atoms in total. The summed E-state index contributed by atoms with van der Waals surface area (Å²) in [5.74, 6) is 0. The molecule has 1 unspecified atom stereocenters. The highest BCUT2D eigenvalue weighted by atomic mass is 32.1. The minimum atomic E-state index is 0.239. The fourth-order valence-corrected chi connectivity index (χ4v) is 4.82. The molecular weight excluding hydrogens is 398 g/mol. The molecule has 0 aromatic heterocycles. The Morgan fingerprint density at radius 2 is 1.58 bits per heavy atom. The van der Waals surface area contributed by atoms with Crippen molar-refractivity contribution in [3.8, 4) is 0 Å². The van der Waals surface area contributed by atoms with Crippen LogP contribution in [0.15, 0.2) is 72.8 Å². The summed E-state index contributed by atoms with van der Waals surface area (Å²) >= 11 is 5.68. The van der Waals surface area contributed by atoms with E-state index in [1.54, 1.807) is 0 Å². The molecule has 31 heavy (non-hydrogen) atoms. The topological polar surface area (TPSA) is 27.3 Å². The van der Waals surface area contributed by atoms with Gasteiger partial charge in [0, 0.05) is 19.1 Å². The van der Waals surface area contributed by atoms with Crippen LogP contribution in [0, 0.1) is 0 Å². The van der Waals surface area contributed by atoms with Crippen LogP contribution in [-0.4, -0.2) is 42.2 Å². The molecule has 1 aliphatic heterocycles. The van der Waals surface area contributed by atoms with Crippen LogP contribution in [0.3, 0.4) is 0 Å². The largest absolute Gasteiger partial charge is 0.361 e. The highest BCUT2D eigenvalue weighted by molar-refractivity contribution is 7.80. The molecule has 0 amide bonds. The standard InChI is InChI=1S/C27H33N3S/c31-27(28-16-19-30-17-7-2-8-18-30)29-25(20-22-10-3-1-4-11-22)21-24-14-9-13-23-12-5-6-15-26(23)24/h1,3-6,9-15,25H,2,7-8,16-21H2,(H2,28,29,31). The molecule has 0 radical (unpaired) electrons.